The number of hydrogen-bond acceptors (Lipinski definition) is 2. The quantitative estimate of drug-likeness (QED) is 0.805. The minimum atomic E-state index is 0.185. The highest BCUT2D eigenvalue weighted by Gasteiger charge is 2.18. The largest absolute Gasteiger partial charge is 0.370 e. The van der Waals surface area contributed by atoms with Gasteiger partial charge in [-0.05, 0) is 35.2 Å². The number of aromatic nitrogens is 2. The van der Waals surface area contributed by atoms with Gasteiger partial charge in [-0.1, -0.05) is 0 Å². The van der Waals surface area contributed by atoms with Gasteiger partial charge in [-0.3, -0.25) is 0 Å². The fourth-order valence-electron chi connectivity index (χ4n) is 1.43. The maximum absolute atomic E-state index is 5.56. The summed E-state index contributed by atoms with van der Waals surface area (Å²) in [6, 6.07) is 0. The van der Waals surface area contributed by atoms with Crippen molar-refractivity contribution in [2.24, 2.45) is 0 Å². The van der Waals surface area contributed by atoms with Gasteiger partial charge in [0.25, 0.3) is 0 Å². The Morgan fingerprint density at radius 3 is 3.08 bits per heavy atom. The molecule has 1 aliphatic rings. The number of imidazole rings is 1. The van der Waals surface area contributed by atoms with Crippen LogP contribution in [0.3, 0.4) is 0 Å². The van der Waals surface area contributed by atoms with Crippen LogP contribution >= 0.6 is 15.9 Å². The van der Waals surface area contributed by atoms with E-state index in [1.54, 1.807) is 6.20 Å². The maximum Gasteiger partial charge on any atom is 0.136 e. The van der Waals surface area contributed by atoms with E-state index in [1.165, 1.54) is 12.8 Å². The Balaban J connectivity index is 2.08. The molecule has 1 aromatic heterocycles. The first-order chi connectivity index (χ1) is 5.86. The van der Waals surface area contributed by atoms with Crippen LogP contribution in [-0.4, -0.2) is 16.6 Å². The van der Waals surface area contributed by atoms with E-state index < -0.39 is 0 Å². The average molecular weight is 231 g/mol. The van der Waals surface area contributed by atoms with Crippen molar-refractivity contribution in [3.8, 4) is 0 Å². The summed E-state index contributed by atoms with van der Waals surface area (Å²) in [7, 11) is 0. The zero-order valence-corrected chi connectivity index (χ0v) is 8.30. The van der Waals surface area contributed by atoms with Crippen molar-refractivity contribution in [3.05, 3.63) is 16.6 Å². The number of halogens is 1. The molecular formula is C8H11BrN2O. The predicted molar refractivity (Wildman–Crippen MR) is 48.8 cm³/mol. The van der Waals surface area contributed by atoms with Crippen LogP contribution in [0.1, 0.15) is 31.2 Å². The molecule has 1 aliphatic heterocycles. The maximum atomic E-state index is 5.56. The summed E-state index contributed by atoms with van der Waals surface area (Å²) >= 11 is 3.33. The normalized spacial score (nSPS) is 24.2. The Morgan fingerprint density at radius 2 is 2.50 bits per heavy atom. The molecule has 3 nitrogen and oxygen atoms in total. The summed E-state index contributed by atoms with van der Waals surface area (Å²) in [6.07, 6.45) is 5.46. The summed E-state index contributed by atoms with van der Waals surface area (Å²) in [4.78, 5) is 7.34. The average Bonchev–Trinajstić information content (AvgIpc) is 2.54. The van der Waals surface area contributed by atoms with Crippen molar-refractivity contribution in [3.63, 3.8) is 0 Å². The smallest absolute Gasteiger partial charge is 0.136 e. The van der Waals surface area contributed by atoms with Gasteiger partial charge in [0.2, 0.25) is 0 Å². The molecule has 1 N–H and O–H groups in total. The van der Waals surface area contributed by atoms with Gasteiger partial charge in [0.1, 0.15) is 16.5 Å². The number of rotatable bonds is 1. The summed E-state index contributed by atoms with van der Waals surface area (Å²) < 4.78 is 6.49. The number of nitrogens with zero attached hydrogens (tertiary/aromatic N) is 1. The van der Waals surface area contributed by atoms with Crippen molar-refractivity contribution in [2.75, 3.05) is 6.61 Å². The molecule has 1 saturated heterocycles. The molecule has 0 saturated carbocycles. The van der Waals surface area contributed by atoms with E-state index in [1.807, 2.05) is 0 Å². The standard InChI is InChI=1S/C8H11BrN2O/c9-7-5-10-8(11-7)6-3-1-2-4-12-6/h5-6H,1-4H2,(H,10,11). The molecule has 0 aromatic carbocycles. The fourth-order valence-corrected chi connectivity index (χ4v) is 1.74. The Morgan fingerprint density at radius 1 is 1.58 bits per heavy atom. The second-order valence-electron chi connectivity index (χ2n) is 2.97. The van der Waals surface area contributed by atoms with E-state index in [9.17, 15) is 0 Å². The highest BCUT2D eigenvalue weighted by Crippen LogP contribution is 2.26. The minimum Gasteiger partial charge on any atom is -0.370 e. The molecule has 0 bridgehead atoms. The molecule has 1 unspecified atom stereocenters. The third-order valence-electron chi connectivity index (χ3n) is 2.05. The second-order valence-corrected chi connectivity index (χ2v) is 3.83. The summed E-state index contributed by atoms with van der Waals surface area (Å²) in [5.74, 6) is 0.946. The van der Waals surface area contributed by atoms with Gasteiger partial charge < -0.3 is 9.72 Å². The van der Waals surface area contributed by atoms with Crippen LogP contribution in [0.4, 0.5) is 0 Å². The minimum absolute atomic E-state index is 0.185. The molecule has 4 heteroatoms. The summed E-state index contributed by atoms with van der Waals surface area (Å²) in [6.45, 7) is 0.864. The molecule has 0 spiro atoms. The van der Waals surface area contributed by atoms with Crippen LogP contribution in [0.2, 0.25) is 0 Å². The van der Waals surface area contributed by atoms with Gasteiger partial charge in [-0.2, -0.15) is 0 Å². The first-order valence-corrected chi connectivity index (χ1v) is 4.97. The highest BCUT2D eigenvalue weighted by molar-refractivity contribution is 9.10. The molecule has 2 rings (SSSR count). The summed E-state index contributed by atoms with van der Waals surface area (Å²) in [5.41, 5.74) is 0. The number of aromatic amines is 1. The van der Waals surface area contributed by atoms with Crippen molar-refractivity contribution >= 4 is 15.9 Å². The number of nitrogens with one attached hydrogen (secondary N) is 1. The lowest BCUT2D eigenvalue weighted by Gasteiger charge is -2.20. The van der Waals surface area contributed by atoms with Gasteiger partial charge in [-0.15, -0.1) is 0 Å². The van der Waals surface area contributed by atoms with Gasteiger partial charge in [0.15, 0.2) is 0 Å². The molecule has 66 valence electrons. The highest BCUT2D eigenvalue weighted by atomic mass is 79.9. The van der Waals surface area contributed by atoms with Crippen molar-refractivity contribution < 1.29 is 4.74 Å². The van der Waals surface area contributed by atoms with Crippen molar-refractivity contribution in [2.45, 2.75) is 25.4 Å². The Hall–Kier alpha value is -0.350. The monoisotopic (exact) mass is 230 g/mol. The van der Waals surface area contributed by atoms with Crippen LogP contribution in [-0.2, 0) is 4.74 Å². The fraction of sp³-hybridized carbons (Fsp3) is 0.625. The van der Waals surface area contributed by atoms with Crippen molar-refractivity contribution in [1.82, 2.24) is 9.97 Å². The van der Waals surface area contributed by atoms with E-state index >= 15 is 0 Å². The number of ether oxygens (including phenoxy) is 1. The lowest BCUT2D eigenvalue weighted by molar-refractivity contribution is 0.00991. The van der Waals surface area contributed by atoms with E-state index in [0.717, 1.165) is 23.5 Å². The van der Waals surface area contributed by atoms with E-state index in [4.69, 9.17) is 4.74 Å². The first kappa shape index (κ1) is 8.26. The van der Waals surface area contributed by atoms with Crippen LogP contribution in [0, 0.1) is 0 Å². The molecule has 2 heterocycles. The number of hydrogen-bond donors (Lipinski definition) is 1. The van der Waals surface area contributed by atoms with Gasteiger partial charge in [0, 0.05) is 6.61 Å². The molecule has 1 atom stereocenters. The second kappa shape index (κ2) is 3.58. The van der Waals surface area contributed by atoms with Gasteiger partial charge in [-0.25, -0.2) is 4.98 Å². The topological polar surface area (TPSA) is 37.9 Å². The van der Waals surface area contributed by atoms with E-state index in [-0.39, 0.29) is 6.10 Å². The van der Waals surface area contributed by atoms with E-state index in [2.05, 4.69) is 25.9 Å². The first-order valence-electron chi connectivity index (χ1n) is 4.18. The number of H-pyrrole nitrogens is 1. The molecule has 0 radical (unpaired) electrons. The zero-order chi connectivity index (χ0) is 8.39. The third-order valence-corrected chi connectivity index (χ3v) is 2.45. The van der Waals surface area contributed by atoms with Gasteiger partial charge in [0.05, 0.1) is 6.20 Å². The molecule has 1 aromatic rings. The Labute approximate surface area is 79.7 Å². The van der Waals surface area contributed by atoms with Crippen LogP contribution in [0.15, 0.2) is 10.8 Å². The van der Waals surface area contributed by atoms with E-state index in [0.29, 0.717) is 0 Å². The Kier molecular flexibility index (Phi) is 2.46. The van der Waals surface area contributed by atoms with Crippen molar-refractivity contribution in [1.29, 1.82) is 0 Å². The van der Waals surface area contributed by atoms with Crippen LogP contribution < -0.4 is 0 Å². The zero-order valence-electron chi connectivity index (χ0n) is 6.72. The molecule has 12 heavy (non-hydrogen) atoms. The Bertz CT molecular complexity index is 255. The predicted octanol–water partition coefficient (Wildman–Crippen LogP) is 2.41. The van der Waals surface area contributed by atoms with Crippen LogP contribution in [0.25, 0.3) is 0 Å². The molecule has 1 fully saturated rings. The lowest BCUT2D eigenvalue weighted by Crippen LogP contribution is -2.12. The van der Waals surface area contributed by atoms with Crippen LogP contribution in [0.5, 0.6) is 0 Å². The molecule has 0 amide bonds. The SMILES string of the molecule is Brc1cnc(C2CCCCO2)[nH]1. The third kappa shape index (κ3) is 1.69. The molecule has 0 aliphatic carbocycles. The lowest BCUT2D eigenvalue weighted by atomic mass is 10.1. The van der Waals surface area contributed by atoms with Gasteiger partial charge >= 0.3 is 0 Å². The molecular weight excluding hydrogens is 220 g/mol. The summed E-state index contributed by atoms with van der Waals surface area (Å²) in [5, 5.41) is 0.